The van der Waals surface area contributed by atoms with Crippen LogP contribution >= 0.6 is 12.2 Å². The van der Waals surface area contributed by atoms with Crippen LogP contribution in [0.5, 0.6) is 17.2 Å². The van der Waals surface area contributed by atoms with Gasteiger partial charge < -0.3 is 28.8 Å². The van der Waals surface area contributed by atoms with Gasteiger partial charge in [-0.1, -0.05) is 18.2 Å². The molecule has 0 aliphatic rings. The van der Waals surface area contributed by atoms with Crippen molar-refractivity contribution in [2.75, 3.05) is 26.6 Å². The first-order chi connectivity index (χ1) is 14.1. The van der Waals surface area contributed by atoms with Crippen LogP contribution in [0.4, 0.5) is 5.69 Å². The summed E-state index contributed by atoms with van der Waals surface area (Å²) in [5.74, 6) is 2.97. The maximum absolute atomic E-state index is 5.72. The lowest BCUT2D eigenvalue weighted by molar-refractivity contribution is 0.348. The predicted octanol–water partition coefficient (Wildman–Crippen LogP) is 4.70. The minimum atomic E-state index is 0.509. The fraction of sp³-hybridized carbons (Fsp3) is 0.227. The summed E-state index contributed by atoms with van der Waals surface area (Å²) in [4.78, 5) is 2.01. The van der Waals surface area contributed by atoms with E-state index in [1.165, 1.54) is 0 Å². The highest BCUT2D eigenvalue weighted by Gasteiger charge is 2.17. The van der Waals surface area contributed by atoms with E-state index < -0.39 is 0 Å². The molecule has 3 aromatic rings. The molecule has 152 valence electrons. The molecule has 0 saturated heterocycles. The van der Waals surface area contributed by atoms with Gasteiger partial charge in [0.1, 0.15) is 23.0 Å². The lowest BCUT2D eigenvalue weighted by atomic mass is 10.2. The van der Waals surface area contributed by atoms with Crippen LogP contribution in [0.1, 0.15) is 11.3 Å². The van der Waals surface area contributed by atoms with E-state index in [1.54, 1.807) is 27.6 Å². The Balaban J connectivity index is 1.84. The number of thiocarbonyl (C=S) groups is 1. The van der Waals surface area contributed by atoms with E-state index in [0.717, 1.165) is 22.8 Å². The Morgan fingerprint density at radius 3 is 2.41 bits per heavy atom. The van der Waals surface area contributed by atoms with E-state index in [9.17, 15) is 0 Å². The zero-order valence-corrected chi connectivity index (χ0v) is 17.5. The molecule has 0 aliphatic heterocycles. The number of nitrogens with one attached hydrogen (secondary N) is 1. The smallest absolute Gasteiger partial charge is 0.174 e. The van der Waals surface area contributed by atoms with Gasteiger partial charge in [0.15, 0.2) is 5.11 Å². The van der Waals surface area contributed by atoms with E-state index >= 15 is 0 Å². The monoisotopic (exact) mass is 412 g/mol. The average Bonchev–Trinajstić information content (AvgIpc) is 3.27. The van der Waals surface area contributed by atoms with Crippen molar-refractivity contribution in [1.29, 1.82) is 0 Å². The number of para-hydroxylation sites is 1. The first-order valence-corrected chi connectivity index (χ1v) is 9.47. The number of furan rings is 1. The zero-order chi connectivity index (χ0) is 20.6. The van der Waals surface area contributed by atoms with Gasteiger partial charge in [-0.15, -0.1) is 0 Å². The second-order valence-electron chi connectivity index (χ2n) is 6.24. The highest BCUT2D eigenvalue weighted by Crippen LogP contribution is 2.30. The normalized spacial score (nSPS) is 10.3. The van der Waals surface area contributed by atoms with Crippen LogP contribution in [0.15, 0.2) is 65.3 Å². The van der Waals surface area contributed by atoms with Gasteiger partial charge in [-0.3, -0.25) is 0 Å². The number of anilines is 1. The quantitative estimate of drug-likeness (QED) is 0.538. The van der Waals surface area contributed by atoms with E-state index in [4.69, 9.17) is 30.8 Å². The van der Waals surface area contributed by atoms with Crippen LogP contribution < -0.4 is 19.5 Å². The highest BCUT2D eigenvalue weighted by atomic mass is 32.1. The van der Waals surface area contributed by atoms with Crippen LogP contribution in [0.25, 0.3) is 0 Å². The van der Waals surface area contributed by atoms with Crippen LogP contribution in [0.2, 0.25) is 0 Å². The Labute approximate surface area is 176 Å². The van der Waals surface area contributed by atoms with E-state index in [1.807, 2.05) is 59.5 Å². The van der Waals surface area contributed by atoms with Crippen molar-refractivity contribution in [1.82, 2.24) is 4.90 Å². The molecule has 7 heteroatoms. The number of hydrogen-bond donors (Lipinski definition) is 1. The summed E-state index contributed by atoms with van der Waals surface area (Å²) in [7, 11) is 4.89. The Bertz CT molecular complexity index is 944. The summed E-state index contributed by atoms with van der Waals surface area (Å²) in [6.07, 6.45) is 1.65. The summed E-state index contributed by atoms with van der Waals surface area (Å²) >= 11 is 5.72. The van der Waals surface area contributed by atoms with E-state index in [0.29, 0.717) is 29.7 Å². The maximum atomic E-state index is 5.72. The molecule has 6 nitrogen and oxygen atoms in total. The zero-order valence-electron chi connectivity index (χ0n) is 16.7. The van der Waals surface area contributed by atoms with Crippen molar-refractivity contribution in [3.05, 3.63) is 72.2 Å². The van der Waals surface area contributed by atoms with Crippen molar-refractivity contribution in [3.8, 4) is 17.2 Å². The molecule has 0 saturated carbocycles. The molecule has 0 radical (unpaired) electrons. The molecule has 0 aliphatic carbocycles. The topological polar surface area (TPSA) is 56.1 Å². The van der Waals surface area contributed by atoms with Gasteiger partial charge in [0, 0.05) is 18.2 Å². The van der Waals surface area contributed by atoms with Crippen molar-refractivity contribution in [3.63, 3.8) is 0 Å². The lowest BCUT2D eigenvalue weighted by Gasteiger charge is -2.26. The number of benzene rings is 2. The van der Waals surface area contributed by atoms with Crippen molar-refractivity contribution in [2.45, 2.75) is 13.1 Å². The molecule has 0 unspecified atom stereocenters. The third kappa shape index (κ3) is 5.20. The highest BCUT2D eigenvalue weighted by molar-refractivity contribution is 7.80. The number of ether oxygens (including phenoxy) is 3. The van der Waals surface area contributed by atoms with Crippen molar-refractivity contribution in [2.24, 2.45) is 0 Å². The molecule has 1 aromatic heterocycles. The van der Waals surface area contributed by atoms with Crippen LogP contribution in [0, 0.1) is 0 Å². The van der Waals surface area contributed by atoms with Crippen LogP contribution in [0.3, 0.4) is 0 Å². The molecule has 0 bridgehead atoms. The first kappa shape index (κ1) is 20.5. The molecular formula is C22H24N2O4S. The number of methoxy groups -OCH3 is 3. The standard InChI is InChI=1S/C22H24N2O4S/c1-25-17-10-11-19(21(13-17)27-3)23-22(29)24(15-18-8-6-12-28-18)14-16-7-4-5-9-20(16)26-2/h4-13H,14-15H2,1-3H3,(H,23,29). The Kier molecular flexibility index (Phi) is 6.97. The molecule has 0 spiro atoms. The molecule has 0 fully saturated rings. The van der Waals surface area contributed by atoms with Gasteiger partial charge in [-0.05, 0) is 42.5 Å². The molecule has 29 heavy (non-hydrogen) atoms. The fourth-order valence-electron chi connectivity index (χ4n) is 2.93. The van der Waals surface area contributed by atoms with E-state index in [2.05, 4.69) is 5.32 Å². The number of hydrogen-bond acceptors (Lipinski definition) is 5. The second-order valence-corrected chi connectivity index (χ2v) is 6.63. The summed E-state index contributed by atoms with van der Waals surface area (Å²) in [5.41, 5.74) is 1.77. The van der Waals surface area contributed by atoms with Gasteiger partial charge in [0.05, 0.1) is 39.8 Å². The largest absolute Gasteiger partial charge is 0.497 e. The fourth-order valence-corrected chi connectivity index (χ4v) is 3.16. The molecular weight excluding hydrogens is 388 g/mol. The third-order valence-corrected chi connectivity index (χ3v) is 4.78. The Morgan fingerprint density at radius 2 is 1.72 bits per heavy atom. The van der Waals surface area contributed by atoms with E-state index in [-0.39, 0.29) is 0 Å². The van der Waals surface area contributed by atoms with Crippen LogP contribution in [-0.2, 0) is 13.1 Å². The average molecular weight is 413 g/mol. The van der Waals surface area contributed by atoms with Gasteiger partial charge in [0.25, 0.3) is 0 Å². The Hall–Kier alpha value is -3.19. The summed E-state index contributed by atoms with van der Waals surface area (Å²) in [6.45, 7) is 1.06. The molecule has 0 atom stereocenters. The lowest BCUT2D eigenvalue weighted by Crippen LogP contribution is -2.34. The Morgan fingerprint density at radius 1 is 0.931 bits per heavy atom. The summed E-state index contributed by atoms with van der Waals surface area (Å²) < 4.78 is 21.8. The second kappa shape index (κ2) is 9.84. The van der Waals surface area contributed by atoms with Crippen molar-refractivity contribution >= 4 is 23.0 Å². The van der Waals surface area contributed by atoms with Gasteiger partial charge in [-0.25, -0.2) is 0 Å². The number of nitrogens with zero attached hydrogens (tertiary/aromatic N) is 1. The SMILES string of the molecule is COc1ccc(NC(=S)N(Cc2ccco2)Cc2ccccc2OC)c(OC)c1. The third-order valence-electron chi connectivity index (χ3n) is 4.42. The first-order valence-electron chi connectivity index (χ1n) is 9.06. The molecule has 0 amide bonds. The molecule has 1 heterocycles. The summed E-state index contributed by atoms with van der Waals surface area (Å²) in [6, 6.07) is 17.2. The number of rotatable bonds is 8. The van der Waals surface area contributed by atoms with Crippen LogP contribution in [-0.4, -0.2) is 31.3 Å². The minimum Gasteiger partial charge on any atom is -0.497 e. The maximum Gasteiger partial charge on any atom is 0.174 e. The van der Waals surface area contributed by atoms with Gasteiger partial charge in [-0.2, -0.15) is 0 Å². The molecule has 1 N–H and O–H groups in total. The van der Waals surface area contributed by atoms with Gasteiger partial charge in [0.2, 0.25) is 0 Å². The molecule has 2 aromatic carbocycles. The molecule has 3 rings (SSSR count). The van der Waals surface area contributed by atoms with Gasteiger partial charge >= 0.3 is 0 Å². The minimum absolute atomic E-state index is 0.509. The predicted molar refractivity (Wildman–Crippen MR) is 117 cm³/mol. The summed E-state index contributed by atoms with van der Waals surface area (Å²) in [5, 5.41) is 3.82. The van der Waals surface area contributed by atoms with Crippen molar-refractivity contribution < 1.29 is 18.6 Å².